The van der Waals surface area contributed by atoms with Gasteiger partial charge in [0.15, 0.2) is 0 Å². The minimum atomic E-state index is 0.741. The molecule has 4 nitrogen and oxygen atoms in total. The van der Waals surface area contributed by atoms with E-state index >= 15 is 0 Å². The zero-order valence-corrected chi connectivity index (χ0v) is 11.7. The molecular formula is C13H25N3O. The highest BCUT2D eigenvalue weighted by Gasteiger charge is 1.96. The molecule has 0 unspecified atom stereocenters. The molecule has 1 rings (SSSR count). The lowest BCUT2D eigenvalue weighted by Gasteiger charge is -2.10. The normalized spacial score (nSPS) is 9.53. The van der Waals surface area contributed by atoms with E-state index in [9.17, 15) is 0 Å². The van der Waals surface area contributed by atoms with Crippen LogP contribution < -0.4 is 10.1 Å². The zero-order valence-electron chi connectivity index (χ0n) is 11.7. The van der Waals surface area contributed by atoms with Crippen LogP contribution in [0.15, 0.2) is 18.3 Å². The van der Waals surface area contributed by atoms with Crippen LogP contribution in [0.1, 0.15) is 20.3 Å². The predicted molar refractivity (Wildman–Crippen MR) is 73.8 cm³/mol. The summed E-state index contributed by atoms with van der Waals surface area (Å²) in [6.45, 7) is 5.79. The molecular weight excluding hydrogens is 214 g/mol. The van der Waals surface area contributed by atoms with Gasteiger partial charge in [-0.3, -0.25) is 0 Å². The Balaban J connectivity index is 0.00000121. The summed E-state index contributed by atoms with van der Waals surface area (Å²) in [6, 6.07) is 3.77. The van der Waals surface area contributed by atoms with Crippen LogP contribution in [-0.2, 0) is 0 Å². The van der Waals surface area contributed by atoms with Crippen molar-refractivity contribution in [1.29, 1.82) is 0 Å². The van der Waals surface area contributed by atoms with Crippen LogP contribution in [0.3, 0.4) is 0 Å². The maximum absolute atomic E-state index is 5.59. The van der Waals surface area contributed by atoms with Gasteiger partial charge in [0.05, 0.1) is 6.61 Å². The number of hydrogen-bond donors (Lipinski definition) is 1. The lowest BCUT2D eigenvalue weighted by atomic mass is 10.4. The zero-order chi connectivity index (χ0) is 13.1. The van der Waals surface area contributed by atoms with Gasteiger partial charge in [-0.15, -0.1) is 0 Å². The molecule has 0 saturated carbocycles. The number of aromatic nitrogens is 1. The van der Waals surface area contributed by atoms with Gasteiger partial charge in [0.25, 0.3) is 0 Å². The highest BCUT2D eigenvalue weighted by atomic mass is 16.5. The lowest BCUT2D eigenvalue weighted by molar-refractivity contribution is 0.281. The molecule has 1 N–H and O–H groups in total. The lowest BCUT2D eigenvalue weighted by Crippen LogP contribution is -2.15. The predicted octanol–water partition coefficient (Wildman–Crippen LogP) is 2.48. The van der Waals surface area contributed by atoms with Crippen LogP contribution in [0.4, 0.5) is 5.82 Å². The summed E-state index contributed by atoms with van der Waals surface area (Å²) >= 11 is 0. The van der Waals surface area contributed by atoms with E-state index in [1.807, 2.05) is 33.0 Å². The van der Waals surface area contributed by atoms with Crippen molar-refractivity contribution >= 4 is 5.82 Å². The number of rotatable bonds is 6. The molecule has 0 aliphatic carbocycles. The third-order valence-corrected chi connectivity index (χ3v) is 2.01. The van der Waals surface area contributed by atoms with Crippen molar-refractivity contribution in [3.63, 3.8) is 0 Å². The first-order chi connectivity index (χ1) is 8.22. The minimum Gasteiger partial charge on any atom is -0.493 e. The fraction of sp³-hybridized carbons (Fsp3) is 0.615. The monoisotopic (exact) mass is 239 g/mol. The molecule has 0 aliphatic rings. The van der Waals surface area contributed by atoms with Crippen molar-refractivity contribution < 1.29 is 4.74 Å². The first-order valence-corrected chi connectivity index (χ1v) is 6.13. The quantitative estimate of drug-likeness (QED) is 0.774. The van der Waals surface area contributed by atoms with E-state index in [-0.39, 0.29) is 0 Å². The summed E-state index contributed by atoms with van der Waals surface area (Å²) in [6.07, 6.45) is 2.78. The van der Waals surface area contributed by atoms with E-state index in [4.69, 9.17) is 4.74 Å². The SMILES string of the molecule is CC.CNc1cc(OCCCN(C)C)ccn1. The largest absolute Gasteiger partial charge is 0.493 e. The average molecular weight is 239 g/mol. The molecule has 17 heavy (non-hydrogen) atoms. The molecule has 0 atom stereocenters. The summed E-state index contributed by atoms with van der Waals surface area (Å²) in [7, 11) is 5.97. The molecule has 1 heterocycles. The van der Waals surface area contributed by atoms with Crippen LogP contribution in [0.25, 0.3) is 0 Å². The molecule has 4 heteroatoms. The Hall–Kier alpha value is -1.29. The van der Waals surface area contributed by atoms with E-state index < -0.39 is 0 Å². The van der Waals surface area contributed by atoms with Crippen molar-refractivity contribution in [2.75, 3.05) is 39.6 Å². The van der Waals surface area contributed by atoms with Crippen molar-refractivity contribution in [2.45, 2.75) is 20.3 Å². The standard InChI is InChI=1S/C11H19N3O.C2H6/c1-12-11-9-10(5-6-13-11)15-8-4-7-14(2)3;1-2/h5-6,9H,4,7-8H2,1-3H3,(H,12,13);1-2H3. The molecule has 1 aromatic rings. The third kappa shape index (κ3) is 7.58. The van der Waals surface area contributed by atoms with Crippen LogP contribution >= 0.6 is 0 Å². The van der Waals surface area contributed by atoms with Gasteiger partial charge in [0.1, 0.15) is 11.6 Å². The Morgan fingerprint density at radius 2 is 2.06 bits per heavy atom. The fourth-order valence-corrected chi connectivity index (χ4v) is 1.21. The number of pyridine rings is 1. The summed E-state index contributed by atoms with van der Waals surface area (Å²) in [5.41, 5.74) is 0. The van der Waals surface area contributed by atoms with Crippen LogP contribution in [0.5, 0.6) is 5.75 Å². The summed E-state index contributed by atoms with van der Waals surface area (Å²) in [5.74, 6) is 1.70. The molecule has 0 bridgehead atoms. The third-order valence-electron chi connectivity index (χ3n) is 2.01. The summed E-state index contributed by atoms with van der Waals surface area (Å²) in [5, 5.41) is 2.98. The molecule has 0 aromatic carbocycles. The van der Waals surface area contributed by atoms with Crippen molar-refractivity contribution in [3.05, 3.63) is 18.3 Å². The van der Waals surface area contributed by atoms with Gasteiger partial charge in [0, 0.05) is 25.9 Å². The molecule has 0 radical (unpaired) electrons. The second kappa shape index (κ2) is 9.90. The van der Waals surface area contributed by atoms with E-state index in [0.29, 0.717) is 0 Å². The fourth-order valence-electron chi connectivity index (χ4n) is 1.21. The second-order valence-electron chi connectivity index (χ2n) is 3.63. The summed E-state index contributed by atoms with van der Waals surface area (Å²) in [4.78, 5) is 6.26. The Morgan fingerprint density at radius 3 is 2.65 bits per heavy atom. The average Bonchev–Trinajstić information content (AvgIpc) is 2.37. The van der Waals surface area contributed by atoms with Crippen molar-refractivity contribution in [1.82, 2.24) is 9.88 Å². The van der Waals surface area contributed by atoms with Gasteiger partial charge in [-0.1, -0.05) is 13.8 Å². The minimum absolute atomic E-state index is 0.741. The van der Waals surface area contributed by atoms with Gasteiger partial charge in [0.2, 0.25) is 0 Å². The van der Waals surface area contributed by atoms with Gasteiger partial charge in [-0.2, -0.15) is 0 Å². The number of nitrogens with one attached hydrogen (secondary N) is 1. The second-order valence-corrected chi connectivity index (χ2v) is 3.63. The van der Waals surface area contributed by atoms with Crippen LogP contribution in [-0.4, -0.2) is 44.2 Å². The van der Waals surface area contributed by atoms with Gasteiger partial charge < -0.3 is 15.0 Å². The summed E-state index contributed by atoms with van der Waals surface area (Å²) < 4.78 is 5.59. The Bertz CT molecular complexity index is 290. The maximum atomic E-state index is 5.59. The van der Waals surface area contributed by atoms with Gasteiger partial charge >= 0.3 is 0 Å². The van der Waals surface area contributed by atoms with E-state index in [0.717, 1.165) is 31.1 Å². The van der Waals surface area contributed by atoms with Crippen LogP contribution in [0, 0.1) is 0 Å². The first-order valence-electron chi connectivity index (χ1n) is 6.13. The number of hydrogen-bond acceptors (Lipinski definition) is 4. The molecule has 0 spiro atoms. The molecule has 0 saturated heterocycles. The van der Waals surface area contributed by atoms with Gasteiger partial charge in [-0.25, -0.2) is 4.98 Å². The van der Waals surface area contributed by atoms with E-state index in [2.05, 4.69) is 29.3 Å². The smallest absolute Gasteiger partial charge is 0.129 e. The topological polar surface area (TPSA) is 37.4 Å². The van der Waals surface area contributed by atoms with E-state index in [1.165, 1.54) is 0 Å². The Kier molecular flexibility index (Phi) is 9.15. The van der Waals surface area contributed by atoms with Crippen LogP contribution in [0.2, 0.25) is 0 Å². The highest BCUT2D eigenvalue weighted by molar-refractivity contribution is 5.39. The molecule has 0 fully saturated rings. The molecule has 0 amide bonds. The van der Waals surface area contributed by atoms with Crippen molar-refractivity contribution in [2.24, 2.45) is 0 Å². The Labute approximate surface area is 105 Å². The number of nitrogens with zero attached hydrogens (tertiary/aromatic N) is 2. The van der Waals surface area contributed by atoms with E-state index in [1.54, 1.807) is 6.20 Å². The number of ether oxygens (including phenoxy) is 1. The maximum Gasteiger partial charge on any atom is 0.129 e. The van der Waals surface area contributed by atoms with Crippen molar-refractivity contribution in [3.8, 4) is 5.75 Å². The highest BCUT2D eigenvalue weighted by Crippen LogP contribution is 2.13. The molecule has 1 aromatic heterocycles. The number of anilines is 1. The molecule has 98 valence electrons. The molecule has 0 aliphatic heterocycles. The van der Waals surface area contributed by atoms with Gasteiger partial charge in [-0.05, 0) is 26.6 Å². The first kappa shape index (κ1) is 15.7. The Morgan fingerprint density at radius 1 is 1.35 bits per heavy atom.